The fourth-order valence-corrected chi connectivity index (χ4v) is 5.47. The van der Waals surface area contributed by atoms with Crippen molar-refractivity contribution in [3.8, 4) is 0 Å². The fourth-order valence-electron chi connectivity index (χ4n) is 3.72. The monoisotopic (exact) mass is 557 g/mol. The summed E-state index contributed by atoms with van der Waals surface area (Å²) in [7, 11) is 1.85. The number of anilines is 1. The molecule has 0 spiro atoms. The number of quaternary nitrogens is 1. The van der Waals surface area contributed by atoms with Gasteiger partial charge in [-0.3, -0.25) is 19.3 Å². The number of carboxylic acid groups (broad SMARTS) is 1. The first-order valence-corrected chi connectivity index (χ1v) is 12.7. The van der Waals surface area contributed by atoms with E-state index < -0.39 is 47.7 Å². The molecule has 200 valence electrons. The zero-order chi connectivity index (χ0) is 27.3. The van der Waals surface area contributed by atoms with Gasteiger partial charge in [-0.1, -0.05) is 11.2 Å². The molecule has 14 nitrogen and oxygen atoms in total. The quantitative estimate of drug-likeness (QED) is 0.107. The molecule has 1 unspecified atom stereocenters. The number of fused-ring (bicyclic) bond motifs is 1. The predicted octanol–water partition coefficient (Wildman–Crippen LogP) is -0.985. The number of alkyl halides is 1. The van der Waals surface area contributed by atoms with Crippen molar-refractivity contribution >= 4 is 57.8 Å². The Hall–Kier alpha value is -3.57. The number of nitrogens with zero attached hydrogens (tertiary/aromatic N) is 5. The van der Waals surface area contributed by atoms with E-state index in [1.165, 1.54) is 11.8 Å². The summed E-state index contributed by atoms with van der Waals surface area (Å²) in [4.78, 5) is 58.4. The summed E-state index contributed by atoms with van der Waals surface area (Å²) in [5.41, 5.74) is 10.6. The lowest BCUT2D eigenvalue weighted by Crippen LogP contribution is -2.71. The standard InChI is InChI=1S/C20H25FN8O6S2/c1-3-29(2,7-11(22)30)6-4-5-10-8-36-18-13(17(32)28(18)14(10)19(33)34)24-16(31)12(26-35-9-21)15-25-20(23)37-27-15/h4-5,13,18H,3,6-9H2,1-2H3,(H5-,22,23,24,25,27,30,31,33,34)/p+1/b5-4+,26-12-/t13-,18-,29?/m1/s1. The smallest absolute Gasteiger partial charge is 0.352 e. The number of thioether (sulfide) groups is 1. The molecular weight excluding hydrogens is 531 g/mol. The molecule has 2 aliphatic rings. The second-order valence-corrected chi connectivity index (χ2v) is 10.2. The zero-order valence-electron chi connectivity index (χ0n) is 19.9. The van der Waals surface area contributed by atoms with Gasteiger partial charge in [0.25, 0.3) is 24.6 Å². The van der Waals surface area contributed by atoms with Crippen LogP contribution in [-0.2, 0) is 24.0 Å². The maximum Gasteiger partial charge on any atom is 0.352 e. The van der Waals surface area contributed by atoms with Gasteiger partial charge in [0, 0.05) is 17.3 Å². The Morgan fingerprint density at radius 3 is 2.73 bits per heavy atom. The molecular formula is C20H26FN8O6S2+. The SMILES string of the molecule is CC[N+](C)(C/C=C/C1=C(C(=O)O)N2C(=O)[C@@H](NC(=O)/C(=N\OCF)c3nsc(N)n3)[C@H]2SC1)CC(N)=O. The number of likely N-dealkylation sites (N-methyl/N-ethyl adjacent to an activating group) is 1. The molecule has 1 aromatic heterocycles. The summed E-state index contributed by atoms with van der Waals surface area (Å²) in [5.74, 6) is -3.26. The highest BCUT2D eigenvalue weighted by atomic mass is 32.2. The molecule has 0 aliphatic carbocycles. The number of amides is 3. The van der Waals surface area contributed by atoms with Crippen LogP contribution in [0.2, 0.25) is 0 Å². The number of allylic oxidation sites excluding steroid dienone is 1. The molecule has 3 heterocycles. The highest BCUT2D eigenvalue weighted by Crippen LogP contribution is 2.40. The molecule has 0 saturated carbocycles. The largest absolute Gasteiger partial charge is 0.477 e. The molecule has 0 aromatic carbocycles. The van der Waals surface area contributed by atoms with Crippen LogP contribution >= 0.6 is 23.3 Å². The van der Waals surface area contributed by atoms with Crippen LogP contribution < -0.4 is 16.8 Å². The second-order valence-electron chi connectivity index (χ2n) is 8.32. The summed E-state index contributed by atoms with van der Waals surface area (Å²) >= 11 is 2.04. The van der Waals surface area contributed by atoms with Crippen LogP contribution in [0.5, 0.6) is 0 Å². The van der Waals surface area contributed by atoms with E-state index in [9.17, 15) is 28.7 Å². The van der Waals surface area contributed by atoms with Crippen molar-refractivity contribution in [2.75, 3.05) is 45.0 Å². The number of hydrogen-bond acceptors (Lipinski definition) is 11. The number of hydrogen-bond donors (Lipinski definition) is 4. The Kier molecular flexibility index (Phi) is 8.82. The Labute approximate surface area is 218 Å². The van der Waals surface area contributed by atoms with Crippen LogP contribution in [0.4, 0.5) is 9.52 Å². The maximum atomic E-state index is 12.9. The van der Waals surface area contributed by atoms with Crippen LogP contribution in [0.3, 0.4) is 0 Å². The number of nitrogen functional groups attached to an aromatic ring is 1. The molecule has 0 radical (unpaired) electrons. The van der Waals surface area contributed by atoms with Gasteiger partial charge in [-0.15, -0.1) is 11.8 Å². The van der Waals surface area contributed by atoms with Gasteiger partial charge in [0.2, 0.25) is 11.5 Å². The van der Waals surface area contributed by atoms with Crippen LogP contribution in [0.15, 0.2) is 28.6 Å². The Balaban J connectivity index is 1.76. The average Bonchev–Trinajstić information content (AvgIpc) is 3.27. The lowest BCUT2D eigenvalue weighted by atomic mass is 10.0. The number of rotatable bonds is 12. The lowest BCUT2D eigenvalue weighted by molar-refractivity contribution is -0.894. The first-order valence-electron chi connectivity index (χ1n) is 10.9. The number of nitrogens with two attached hydrogens (primary N) is 2. The van der Waals surface area contributed by atoms with Crippen molar-refractivity contribution in [2.45, 2.75) is 18.3 Å². The molecule has 1 fully saturated rings. The summed E-state index contributed by atoms with van der Waals surface area (Å²) in [6.45, 7) is 1.78. The van der Waals surface area contributed by atoms with Crippen LogP contribution in [0.25, 0.3) is 0 Å². The Bertz CT molecular complexity index is 1190. The average molecular weight is 558 g/mol. The lowest BCUT2D eigenvalue weighted by Gasteiger charge is -2.49. The number of aromatic nitrogens is 2. The van der Waals surface area contributed by atoms with Gasteiger partial charge in [0.15, 0.2) is 11.7 Å². The van der Waals surface area contributed by atoms with Gasteiger partial charge >= 0.3 is 5.97 Å². The number of carboxylic acids is 1. The number of primary amides is 1. The highest BCUT2D eigenvalue weighted by Gasteiger charge is 2.54. The third-order valence-electron chi connectivity index (χ3n) is 5.73. The molecule has 6 N–H and O–H groups in total. The van der Waals surface area contributed by atoms with Gasteiger partial charge in [-0.05, 0) is 18.6 Å². The second kappa shape index (κ2) is 11.7. The summed E-state index contributed by atoms with van der Waals surface area (Å²) in [5, 5.41) is 15.0. The molecule has 2 aliphatic heterocycles. The third-order valence-corrected chi connectivity index (χ3v) is 7.57. The predicted molar refractivity (Wildman–Crippen MR) is 132 cm³/mol. The Morgan fingerprint density at radius 2 is 2.16 bits per heavy atom. The first kappa shape index (κ1) is 28.0. The van der Waals surface area contributed by atoms with Crippen molar-refractivity contribution in [3.05, 3.63) is 29.2 Å². The van der Waals surface area contributed by atoms with Crippen molar-refractivity contribution in [3.63, 3.8) is 0 Å². The third kappa shape index (κ3) is 6.23. The maximum absolute atomic E-state index is 12.9. The zero-order valence-corrected chi connectivity index (χ0v) is 21.6. The highest BCUT2D eigenvalue weighted by molar-refractivity contribution is 8.00. The van der Waals surface area contributed by atoms with E-state index in [1.54, 1.807) is 12.2 Å². The van der Waals surface area contributed by atoms with Crippen molar-refractivity contribution in [1.29, 1.82) is 0 Å². The van der Waals surface area contributed by atoms with Gasteiger partial charge < -0.3 is 31.2 Å². The van der Waals surface area contributed by atoms with Gasteiger partial charge in [-0.2, -0.15) is 9.36 Å². The van der Waals surface area contributed by atoms with E-state index >= 15 is 0 Å². The number of nitrogens with one attached hydrogen (secondary N) is 1. The molecule has 1 aromatic rings. The van der Waals surface area contributed by atoms with Crippen LogP contribution in [0.1, 0.15) is 12.7 Å². The van der Waals surface area contributed by atoms with Crippen molar-refractivity contribution < 1.29 is 38.0 Å². The van der Waals surface area contributed by atoms with Crippen molar-refractivity contribution in [2.24, 2.45) is 10.9 Å². The number of carbonyl (C=O) groups excluding carboxylic acids is 3. The number of oxime groups is 1. The minimum atomic E-state index is -1.31. The van der Waals surface area contributed by atoms with E-state index in [0.717, 1.165) is 16.4 Å². The topological polar surface area (TPSA) is 203 Å². The fraction of sp³-hybridized carbons (Fsp3) is 0.450. The van der Waals surface area contributed by atoms with Crippen LogP contribution in [0, 0.1) is 0 Å². The molecule has 3 amide bonds. The summed E-state index contributed by atoms with van der Waals surface area (Å²) in [6, 6.07) is -1.07. The van der Waals surface area contributed by atoms with Gasteiger partial charge in [0.05, 0.1) is 20.1 Å². The van der Waals surface area contributed by atoms with Crippen molar-refractivity contribution in [1.82, 2.24) is 19.6 Å². The number of halogens is 1. The summed E-state index contributed by atoms with van der Waals surface area (Å²) < 4.78 is 16.7. The minimum Gasteiger partial charge on any atom is -0.477 e. The molecule has 1 saturated heterocycles. The van der Waals surface area contributed by atoms with E-state index in [0.29, 0.717) is 23.1 Å². The van der Waals surface area contributed by atoms with Crippen LogP contribution in [-0.4, -0.2) is 104 Å². The molecule has 17 heteroatoms. The van der Waals surface area contributed by atoms with Gasteiger partial charge in [0.1, 0.15) is 17.1 Å². The number of β-lactam (4-membered cyclic amide) rings is 1. The number of carbonyl (C=O) groups is 4. The minimum absolute atomic E-state index is 0.0361. The van der Waals surface area contributed by atoms with E-state index in [-0.39, 0.29) is 29.0 Å². The van der Waals surface area contributed by atoms with E-state index in [2.05, 4.69) is 24.7 Å². The van der Waals surface area contributed by atoms with Gasteiger partial charge in [-0.25, -0.2) is 9.18 Å². The Morgan fingerprint density at radius 1 is 1.43 bits per heavy atom. The summed E-state index contributed by atoms with van der Waals surface area (Å²) in [6.07, 6.45) is 3.37. The molecule has 37 heavy (non-hydrogen) atoms. The van der Waals surface area contributed by atoms with E-state index in [1.807, 2.05) is 14.0 Å². The van der Waals surface area contributed by atoms with E-state index in [4.69, 9.17) is 11.5 Å². The number of aliphatic carboxylic acids is 1. The molecule has 0 bridgehead atoms. The first-order chi connectivity index (χ1) is 17.5. The molecule has 3 atom stereocenters. The molecule has 3 rings (SSSR count). The normalized spacial score (nSPS) is 21.3.